The molecule has 0 aromatic heterocycles. The number of rotatable bonds is 9. The second kappa shape index (κ2) is 11.2. The van der Waals surface area contributed by atoms with Gasteiger partial charge in [-0.1, -0.05) is 48.5 Å². The highest BCUT2D eigenvalue weighted by Gasteiger charge is 2.09. The van der Waals surface area contributed by atoms with E-state index in [4.69, 9.17) is 9.47 Å². The van der Waals surface area contributed by atoms with Crippen LogP contribution in [0.3, 0.4) is 0 Å². The minimum Gasteiger partial charge on any atom is -0.497 e. The Bertz CT molecular complexity index is 1050. The van der Waals surface area contributed by atoms with Crippen LogP contribution in [-0.4, -0.2) is 25.1 Å². The van der Waals surface area contributed by atoms with E-state index in [1.54, 1.807) is 24.3 Å². The van der Waals surface area contributed by atoms with E-state index < -0.39 is 11.8 Å². The van der Waals surface area contributed by atoms with Crippen molar-refractivity contribution in [3.8, 4) is 11.5 Å². The van der Waals surface area contributed by atoms with Gasteiger partial charge in [-0.2, -0.15) is 5.10 Å². The molecule has 2 amide bonds. The van der Waals surface area contributed by atoms with Crippen molar-refractivity contribution >= 4 is 23.7 Å². The summed E-state index contributed by atoms with van der Waals surface area (Å²) in [5.74, 6) is 0.270. The Hall–Kier alpha value is -4.13. The molecule has 7 heteroatoms. The van der Waals surface area contributed by atoms with Gasteiger partial charge in [0.15, 0.2) is 0 Å². The van der Waals surface area contributed by atoms with Crippen molar-refractivity contribution in [2.45, 2.75) is 13.0 Å². The zero-order chi connectivity index (χ0) is 21.9. The molecule has 31 heavy (non-hydrogen) atoms. The number of amides is 2. The highest BCUT2D eigenvalue weighted by atomic mass is 16.5. The minimum atomic E-state index is -0.528. The van der Waals surface area contributed by atoms with Gasteiger partial charge < -0.3 is 14.8 Å². The maximum Gasteiger partial charge on any atom is 0.249 e. The van der Waals surface area contributed by atoms with Crippen LogP contribution in [0.1, 0.15) is 17.5 Å². The van der Waals surface area contributed by atoms with E-state index in [9.17, 15) is 9.59 Å². The molecule has 0 radical (unpaired) electrons. The first-order chi connectivity index (χ1) is 15.1. The molecule has 0 aliphatic heterocycles. The van der Waals surface area contributed by atoms with E-state index in [-0.39, 0.29) is 6.42 Å². The Morgan fingerprint density at radius 3 is 2.52 bits per heavy atom. The predicted octanol–water partition coefficient (Wildman–Crippen LogP) is 3.75. The summed E-state index contributed by atoms with van der Waals surface area (Å²) in [4.78, 5) is 24.1. The third-order valence-corrected chi connectivity index (χ3v) is 4.22. The summed E-state index contributed by atoms with van der Waals surface area (Å²) in [6.07, 6.45) is 1.12. The number of anilines is 1. The standard InChI is InChI=1S/C24H23N3O4/c1-30-21-12-7-11-20(14-21)26-23(28)15-24(29)27-25-16-19-10-5-6-13-22(19)31-17-18-8-3-2-4-9-18/h2-14,16H,15,17H2,1H3,(H,26,28)(H,27,29). The molecule has 0 aliphatic rings. The van der Waals surface area contributed by atoms with Gasteiger partial charge in [0.2, 0.25) is 11.8 Å². The van der Waals surface area contributed by atoms with Gasteiger partial charge in [-0.05, 0) is 29.8 Å². The number of hydrazone groups is 1. The number of ether oxygens (including phenoxy) is 2. The van der Waals surface area contributed by atoms with E-state index in [0.29, 0.717) is 29.4 Å². The fraction of sp³-hybridized carbons (Fsp3) is 0.125. The number of benzene rings is 3. The summed E-state index contributed by atoms with van der Waals surface area (Å²) in [6.45, 7) is 0.419. The molecule has 7 nitrogen and oxygen atoms in total. The Kier molecular flexibility index (Phi) is 7.77. The first-order valence-electron chi connectivity index (χ1n) is 9.65. The van der Waals surface area contributed by atoms with Crippen molar-refractivity contribution in [2.75, 3.05) is 12.4 Å². The third-order valence-electron chi connectivity index (χ3n) is 4.22. The van der Waals surface area contributed by atoms with E-state index in [2.05, 4.69) is 15.8 Å². The zero-order valence-electron chi connectivity index (χ0n) is 17.1. The molecule has 0 saturated heterocycles. The molecule has 158 valence electrons. The molecular formula is C24H23N3O4. The number of methoxy groups -OCH3 is 1. The van der Waals surface area contributed by atoms with Crippen molar-refractivity contribution in [1.82, 2.24) is 5.43 Å². The normalized spacial score (nSPS) is 10.5. The maximum absolute atomic E-state index is 12.0. The topological polar surface area (TPSA) is 89.0 Å². The van der Waals surface area contributed by atoms with E-state index in [1.807, 2.05) is 54.6 Å². The van der Waals surface area contributed by atoms with Gasteiger partial charge in [0.1, 0.15) is 24.5 Å². The van der Waals surface area contributed by atoms with Gasteiger partial charge in [-0.3, -0.25) is 9.59 Å². The van der Waals surface area contributed by atoms with Gasteiger partial charge in [-0.25, -0.2) is 5.43 Å². The first-order valence-corrected chi connectivity index (χ1v) is 9.65. The predicted molar refractivity (Wildman–Crippen MR) is 119 cm³/mol. The fourth-order valence-electron chi connectivity index (χ4n) is 2.72. The third kappa shape index (κ3) is 7.01. The van der Waals surface area contributed by atoms with E-state index in [0.717, 1.165) is 5.56 Å². The minimum absolute atomic E-state index is 0.360. The first kappa shape index (κ1) is 21.6. The monoisotopic (exact) mass is 417 g/mol. The average molecular weight is 417 g/mol. The maximum atomic E-state index is 12.0. The summed E-state index contributed by atoms with van der Waals surface area (Å²) < 4.78 is 11.0. The Morgan fingerprint density at radius 1 is 0.935 bits per heavy atom. The van der Waals surface area contributed by atoms with Crippen LogP contribution in [0.4, 0.5) is 5.69 Å². The van der Waals surface area contributed by atoms with Crippen LogP contribution in [0.5, 0.6) is 11.5 Å². The van der Waals surface area contributed by atoms with Gasteiger partial charge >= 0.3 is 0 Å². The Morgan fingerprint density at radius 2 is 1.71 bits per heavy atom. The molecule has 0 aliphatic carbocycles. The molecule has 0 heterocycles. The molecular weight excluding hydrogens is 394 g/mol. The zero-order valence-corrected chi connectivity index (χ0v) is 17.1. The summed E-state index contributed by atoms with van der Waals surface area (Å²) >= 11 is 0. The fourth-order valence-corrected chi connectivity index (χ4v) is 2.72. The van der Waals surface area contributed by atoms with E-state index >= 15 is 0 Å². The molecule has 2 N–H and O–H groups in total. The Labute approximate surface area is 180 Å². The highest BCUT2D eigenvalue weighted by Crippen LogP contribution is 2.18. The second-order valence-electron chi connectivity index (χ2n) is 6.56. The highest BCUT2D eigenvalue weighted by molar-refractivity contribution is 6.03. The van der Waals surface area contributed by atoms with Crippen LogP contribution in [0.25, 0.3) is 0 Å². The van der Waals surface area contributed by atoms with Crippen LogP contribution < -0.4 is 20.2 Å². The molecule has 0 unspecified atom stereocenters. The van der Waals surface area contributed by atoms with Gasteiger partial charge in [-0.15, -0.1) is 0 Å². The molecule has 3 aromatic carbocycles. The number of carbonyl (C=O) groups excluding carboxylic acids is 2. The van der Waals surface area contributed by atoms with Gasteiger partial charge in [0, 0.05) is 17.3 Å². The lowest BCUT2D eigenvalue weighted by Crippen LogP contribution is -2.24. The average Bonchev–Trinajstić information content (AvgIpc) is 2.79. The van der Waals surface area contributed by atoms with E-state index in [1.165, 1.54) is 13.3 Å². The number of nitrogens with one attached hydrogen (secondary N) is 2. The van der Waals surface area contributed by atoms with Crippen molar-refractivity contribution < 1.29 is 19.1 Å². The quantitative estimate of drug-likeness (QED) is 0.315. The lowest BCUT2D eigenvalue weighted by molar-refractivity contribution is -0.126. The van der Waals surface area contributed by atoms with Crippen LogP contribution in [-0.2, 0) is 16.2 Å². The van der Waals surface area contributed by atoms with Gasteiger partial charge in [0.25, 0.3) is 0 Å². The number of para-hydroxylation sites is 1. The molecule has 0 saturated carbocycles. The number of carbonyl (C=O) groups is 2. The SMILES string of the molecule is COc1cccc(NC(=O)CC(=O)NN=Cc2ccccc2OCc2ccccc2)c1. The molecule has 0 bridgehead atoms. The van der Waals surface area contributed by atoms with Crippen molar-refractivity contribution in [3.63, 3.8) is 0 Å². The van der Waals surface area contributed by atoms with Crippen molar-refractivity contribution in [3.05, 3.63) is 90.0 Å². The lowest BCUT2D eigenvalue weighted by atomic mass is 10.2. The van der Waals surface area contributed by atoms with Crippen LogP contribution >= 0.6 is 0 Å². The van der Waals surface area contributed by atoms with Crippen molar-refractivity contribution in [2.24, 2.45) is 5.10 Å². The smallest absolute Gasteiger partial charge is 0.249 e. The number of nitrogens with zero attached hydrogens (tertiary/aromatic N) is 1. The largest absolute Gasteiger partial charge is 0.497 e. The lowest BCUT2D eigenvalue weighted by Gasteiger charge is -2.09. The summed E-state index contributed by atoms with van der Waals surface area (Å²) in [5, 5.41) is 6.59. The van der Waals surface area contributed by atoms with Crippen molar-refractivity contribution in [1.29, 1.82) is 0 Å². The molecule has 3 aromatic rings. The van der Waals surface area contributed by atoms with Crippen LogP contribution in [0.2, 0.25) is 0 Å². The Balaban J connectivity index is 1.50. The number of hydrogen-bond donors (Lipinski definition) is 2. The second-order valence-corrected chi connectivity index (χ2v) is 6.56. The van der Waals surface area contributed by atoms with Crippen LogP contribution in [0.15, 0.2) is 84.0 Å². The number of hydrogen-bond acceptors (Lipinski definition) is 5. The molecule has 0 fully saturated rings. The molecule has 0 atom stereocenters. The molecule has 3 rings (SSSR count). The van der Waals surface area contributed by atoms with Crippen LogP contribution in [0, 0.1) is 0 Å². The summed E-state index contributed by atoms with van der Waals surface area (Å²) in [6, 6.07) is 24.1. The molecule has 0 spiro atoms. The summed E-state index contributed by atoms with van der Waals surface area (Å²) in [7, 11) is 1.54. The van der Waals surface area contributed by atoms with Gasteiger partial charge in [0.05, 0.1) is 13.3 Å². The summed E-state index contributed by atoms with van der Waals surface area (Å²) in [5.41, 5.74) is 4.66.